The van der Waals surface area contributed by atoms with E-state index in [4.69, 9.17) is 11.6 Å². The zero-order valence-corrected chi connectivity index (χ0v) is 14.5. The largest absolute Gasteiger partial charge is 0.289 e. The highest BCUT2D eigenvalue weighted by Crippen LogP contribution is 2.30. The molecule has 0 unspecified atom stereocenters. The predicted octanol–water partition coefficient (Wildman–Crippen LogP) is 4.49. The summed E-state index contributed by atoms with van der Waals surface area (Å²) in [6.45, 7) is 1.27. The molecule has 23 heavy (non-hydrogen) atoms. The van der Waals surface area contributed by atoms with Crippen LogP contribution in [0, 0.1) is 11.7 Å². The van der Waals surface area contributed by atoms with Crippen LogP contribution in [0.5, 0.6) is 0 Å². The Kier molecular flexibility index (Phi) is 5.59. The fourth-order valence-corrected chi connectivity index (χ4v) is 4.53. The lowest BCUT2D eigenvalue weighted by molar-refractivity contribution is -0.132. The van der Waals surface area contributed by atoms with Gasteiger partial charge in [-0.3, -0.25) is 14.7 Å². The lowest BCUT2D eigenvalue weighted by Gasteiger charge is -2.26. The number of amides is 1. The smallest absolute Gasteiger partial charge is 0.231 e. The SMILES string of the molecule is O=C(C1CCCCC1)N1CCN=C1SCc1c(F)cccc1Cl. The summed E-state index contributed by atoms with van der Waals surface area (Å²) in [5, 5.41) is 1.13. The third-order valence-electron chi connectivity index (χ3n) is 4.43. The van der Waals surface area contributed by atoms with E-state index in [-0.39, 0.29) is 17.6 Å². The highest BCUT2D eigenvalue weighted by molar-refractivity contribution is 8.13. The maximum Gasteiger partial charge on any atom is 0.231 e. The van der Waals surface area contributed by atoms with E-state index in [2.05, 4.69) is 4.99 Å². The summed E-state index contributed by atoms with van der Waals surface area (Å²) >= 11 is 7.46. The number of carbonyl (C=O) groups is 1. The molecule has 1 amide bonds. The van der Waals surface area contributed by atoms with Crippen molar-refractivity contribution < 1.29 is 9.18 Å². The Bertz CT molecular complexity index is 596. The van der Waals surface area contributed by atoms with Crippen LogP contribution in [-0.2, 0) is 10.5 Å². The van der Waals surface area contributed by atoms with Gasteiger partial charge < -0.3 is 0 Å². The molecule has 1 aliphatic carbocycles. The molecule has 3 rings (SSSR count). The summed E-state index contributed by atoms with van der Waals surface area (Å²) in [6.07, 6.45) is 5.45. The van der Waals surface area contributed by atoms with Gasteiger partial charge in [0.1, 0.15) is 5.82 Å². The zero-order chi connectivity index (χ0) is 16.2. The van der Waals surface area contributed by atoms with Crippen LogP contribution >= 0.6 is 23.4 Å². The van der Waals surface area contributed by atoms with Crippen LogP contribution in [0.2, 0.25) is 5.02 Å². The van der Waals surface area contributed by atoms with Gasteiger partial charge in [0, 0.05) is 28.8 Å². The van der Waals surface area contributed by atoms with Crippen LogP contribution in [-0.4, -0.2) is 29.1 Å². The monoisotopic (exact) mass is 354 g/mol. The predicted molar refractivity (Wildman–Crippen MR) is 93.3 cm³/mol. The minimum absolute atomic E-state index is 0.129. The minimum atomic E-state index is -0.311. The van der Waals surface area contributed by atoms with E-state index in [0.717, 1.165) is 25.7 Å². The number of hydrogen-bond donors (Lipinski definition) is 0. The van der Waals surface area contributed by atoms with Gasteiger partial charge in [-0.05, 0) is 25.0 Å². The number of benzene rings is 1. The molecule has 6 heteroatoms. The Morgan fingerprint density at radius 1 is 1.35 bits per heavy atom. The van der Waals surface area contributed by atoms with Crippen molar-refractivity contribution in [3.8, 4) is 0 Å². The second kappa shape index (κ2) is 7.67. The van der Waals surface area contributed by atoms with E-state index in [1.165, 1.54) is 24.2 Å². The van der Waals surface area contributed by atoms with Crippen LogP contribution in [0.1, 0.15) is 37.7 Å². The van der Waals surface area contributed by atoms with E-state index in [1.807, 2.05) is 0 Å². The summed E-state index contributed by atoms with van der Waals surface area (Å²) < 4.78 is 13.9. The van der Waals surface area contributed by atoms with Crippen LogP contribution < -0.4 is 0 Å². The quantitative estimate of drug-likeness (QED) is 0.801. The highest BCUT2D eigenvalue weighted by Gasteiger charge is 2.31. The molecule has 0 spiro atoms. The Morgan fingerprint density at radius 3 is 2.87 bits per heavy atom. The topological polar surface area (TPSA) is 32.7 Å². The van der Waals surface area contributed by atoms with Crippen molar-refractivity contribution in [3.05, 3.63) is 34.6 Å². The number of aliphatic imine (C=N–C) groups is 1. The molecule has 0 N–H and O–H groups in total. The fourth-order valence-electron chi connectivity index (χ4n) is 3.13. The Hall–Kier alpha value is -1.07. The van der Waals surface area contributed by atoms with Gasteiger partial charge >= 0.3 is 0 Å². The fraction of sp³-hybridized carbons (Fsp3) is 0.529. The molecule has 1 fully saturated rings. The molecule has 124 valence electrons. The lowest BCUT2D eigenvalue weighted by Crippen LogP contribution is -2.38. The molecule has 1 aromatic rings. The van der Waals surface area contributed by atoms with Crippen molar-refractivity contribution >= 4 is 34.4 Å². The first-order chi connectivity index (χ1) is 11.2. The molecule has 1 aliphatic heterocycles. The van der Waals surface area contributed by atoms with Crippen molar-refractivity contribution in [3.63, 3.8) is 0 Å². The molecule has 2 aliphatic rings. The second-order valence-electron chi connectivity index (χ2n) is 5.98. The van der Waals surface area contributed by atoms with Crippen LogP contribution in [0.4, 0.5) is 4.39 Å². The van der Waals surface area contributed by atoms with Gasteiger partial charge in [-0.25, -0.2) is 4.39 Å². The van der Waals surface area contributed by atoms with Gasteiger partial charge in [-0.2, -0.15) is 0 Å². The number of thioether (sulfide) groups is 1. The van der Waals surface area contributed by atoms with Gasteiger partial charge in [0.25, 0.3) is 0 Å². The molecule has 0 bridgehead atoms. The maximum absolute atomic E-state index is 13.9. The average molecular weight is 355 g/mol. The van der Waals surface area contributed by atoms with Crippen molar-refractivity contribution in [1.82, 2.24) is 4.90 Å². The molecule has 0 aromatic heterocycles. The first kappa shape index (κ1) is 16.8. The van der Waals surface area contributed by atoms with Crippen molar-refractivity contribution in [1.29, 1.82) is 0 Å². The number of hydrogen-bond acceptors (Lipinski definition) is 3. The molecule has 0 radical (unpaired) electrons. The summed E-state index contributed by atoms with van der Waals surface area (Å²) in [4.78, 5) is 18.9. The number of carbonyl (C=O) groups excluding carboxylic acids is 1. The average Bonchev–Trinajstić information content (AvgIpc) is 3.03. The third-order valence-corrected chi connectivity index (χ3v) is 5.82. The molecular weight excluding hydrogens is 335 g/mol. The first-order valence-corrected chi connectivity index (χ1v) is 9.44. The second-order valence-corrected chi connectivity index (χ2v) is 7.33. The molecule has 0 atom stereocenters. The minimum Gasteiger partial charge on any atom is -0.289 e. The van der Waals surface area contributed by atoms with Crippen LogP contribution in [0.25, 0.3) is 0 Å². The van der Waals surface area contributed by atoms with Gasteiger partial charge in [0.15, 0.2) is 5.17 Å². The van der Waals surface area contributed by atoms with E-state index in [9.17, 15) is 9.18 Å². The van der Waals surface area contributed by atoms with Crippen LogP contribution in [0.15, 0.2) is 23.2 Å². The Labute approximate surface area is 145 Å². The molecular formula is C17H20ClFN2OS. The molecule has 1 aromatic carbocycles. The van der Waals surface area contributed by atoms with Crippen LogP contribution in [0.3, 0.4) is 0 Å². The van der Waals surface area contributed by atoms with Gasteiger partial charge in [0.2, 0.25) is 5.91 Å². The summed E-state index contributed by atoms with van der Waals surface area (Å²) in [6, 6.07) is 4.68. The van der Waals surface area contributed by atoms with Gasteiger partial charge in [-0.15, -0.1) is 0 Å². The van der Waals surface area contributed by atoms with Gasteiger partial charge in [0.05, 0.1) is 6.54 Å². The molecule has 3 nitrogen and oxygen atoms in total. The molecule has 1 heterocycles. The first-order valence-electron chi connectivity index (χ1n) is 8.08. The number of amidine groups is 1. The zero-order valence-electron chi connectivity index (χ0n) is 12.9. The lowest BCUT2D eigenvalue weighted by atomic mass is 9.88. The van der Waals surface area contributed by atoms with Crippen molar-refractivity contribution in [2.75, 3.05) is 13.1 Å². The van der Waals surface area contributed by atoms with E-state index in [1.54, 1.807) is 17.0 Å². The van der Waals surface area contributed by atoms with Crippen molar-refractivity contribution in [2.24, 2.45) is 10.9 Å². The number of halogens is 2. The van der Waals surface area contributed by atoms with E-state index < -0.39 is 0 Å². The van der Waals surface area contributed by atoms with E-state index >= 15 is 0 Å². The third kappa shape index (κ3) is 3.89. The van der Waals surface area contributed by atoms with E-state index in [0.29, 0.717) is 34.6 Å². The molecule has 0 saturated heterocycles. The normalized spacial score (nSPS) is 19.0. The number of rotatable bonds is 3. The Balaban J connectivity index is 1.64. The summed E-state index contributed by atoms with van der Waals surface area (Å²) in [5.74, 6) is 0.394. The van der Waals surface area contributed by atoms with Gasteiger partial charge in [-0.1, -0.05) is 48.7 Å². The van der Waals surface area contributed by atoms with Crippen molar-refractivity contribution in [2.45, 2.75) is 37.9 Å². The highest BCUT2D eigenvalue weighted by atomic mass is 35.5. The Morgan fingerprint density at radius 2 is 2.13 bits per heavy atom. The maximum atomic E-state index is 13.9. The number of nitrogens with zero attached hydrogens (tertiary/aromatic N) is 2. The molecule has 1 saturated carbocycles. The standard InChI is InChI=1S/C17H20ClFN2OS/c18-14-7-4-8-15(19)13(14)11-23-17-20-9-10-21(17)16(22)12-5-2-1-3-6-12/h4,7-8,12H,1-3,5-6,9-11H2. The summed E-state index contributed by atoms with van der Waals surface area (Å²) in [7, 11) is 0. The summed E-state index contributed by atoms with van der Waals surface area (Å²) in [5.41, 5.74) is 0.471.